The first-order valence-corrected chi connectivity index (χ1v) is 7.32. The molecule has 0 aliphatic carbocycles. The van der Waals surface area contributed by atoms with Gasteiger partial charge in [0.2, 0.25) is 0 Å². The van der Waals surface area contributed by atoms with E-state index in [0.717, 1.165) is 12.2 Å². The number of nitrogens with one attached hydrogen (secondary N) is 2. The number of halogens is 1. The van der Waals surface area contributed by atoms with Gasteiger partial charge in [0.25, 0.3) is 5.91 Å². The molecular weight excluding hydrogens is 316 g/mol. The van der Waals surface area contributed by atoms with Crippen molar-refractivity contribution in [2.75, 3.05) is 33.4 Å². The third-order valence-corrected chi connectivity index (χ3v) is 3.23. The average molecular weight is 339 g/mol. The standard InChI is InChI=1S/C16H22N4O2.ClH/c1-13-15(16(21)18-9-8-17-10-11-22-2)12-20(19-13)14-6-4-3-5-7-14;/h3-7,12,17H,8-11H2,1-2H3,(H,18,21);1H. The highest BCUT2D eigenvalue weighted by Crippen LogP contribution is 2.11. The van der Waals surface area contributed by atoms with Crippen molar-refractivity contribution in [2.24, 2.45) is 0 Å². The number of nitrogens with zero attached hydrogens (tertiary/aromatic N) is 2. The van der Waals surface area contributed by atoms with Gasteiger partial charge in [-0.25, -0.2) is 4.68 Å². The molecule has 0 unspecified atom stereocenters. The summed E-state index contributed by atoms with van der Waals surface area (Å²) in [5, 5.41) is 10.5. The van der Waals surface area contributed by atoms with Crippen LogP contribution < -0.4 is 10.6 Å². The van der Waals surface area contributed by atoms with Crippen LogP contribution in [0.3, 0.4) is 0 Å². The zero-order valence-corrected chi connectivity index (χ0v) is 14.2. The highest BCUT2D eigenvalue weighted by Gasteiger charge is 2.13. The van der Waals surface area contributed by atoms with Crippen molar-refractivity contribution in [2.45, 2.75) is 6.92 Å². The molecule has 0 fully saturated rings. The lowest BCUT2D eigenvalue weighted by molar-refractivity contribution is 0.0953. The second kappa shape index (κ2) is 9.99. The normalized spacial score (nSPS) is 10.2. The Balaban J connectivity index is 0.00000264. The lowest BCUT2D eigenvalue weighted by Gasteiger charge is -2.05. The number of aromatic nitrogens is 2. The van der Waals surface area contributed by atoms with Crippen LogP contribution in [-0.2, 0) is 4.74 Å². The molecule has 2 rings (SSSR count). The van der Waals surface area contributed by atoms with Crippen molar-refractivity contribution < 1.29 is 9.53 Å². The monoisotopic (exact) mass is 338 g/mol. The molecule has 2 N–H and O–H groups in total. The smallest absolute Gasteiger partial charge is 0.254 e. The molecule has 2 aromatic rings. The molecule has 1 aromatic heterocycles. The summed E-state index contributed by atoms with van der Waals surface area (Å²) in [6, 6.07) is 9.74. The minimum absolute atomic E-state index is 0. The molecule has 0 radical (unpaired) electrons. The molecule has 0 atom stereocenters. The number of hydrogen-bond donors (Lipinski definition) is 2. The Kier molecular flexibility index (Phi) is 8.32. The number of amides is 1. The van der Waals surface area contributed by atoms with Gasteiger partial charge in [-0.3, -0.25) is 4.79 Å². The van der Waals surface area contributed by atoms with Crippen molar-refractivity contribution in [3.8, 4) is 5.69 Å². The lowest BCUT2D eigenvalue weighted by atomic mass is 10.2. The van der Waals surface area contributed by atoms with Crippen molar-refractivity contribution in [1.82, 2.24) is 20.4 Å². The summed E-state index contributed by atoms with van der Waals surface area (Å²) in [7, 11) is 1.66. The number of para-hydroxylation sites is 1. The van der Waals surface area contributed by atoms with E-state index in [1.165, 1.54) is 0 Å². The molecule has 0 spiro atoms. The highest BCUT2D eigenvalue weighted by atomic mass is 35.5. The second-order valence-corrected chi connectivity index (χ2v) is 4.91. The predicted molar refractivity (Wildman–Crippen MR) is 92.6 cm³/mol. The van der Waals surface area contributed by atoms with Gasteiger partial charge in [0.15, 0.2) is 0 Å². The first-order valence-electron chi connectivity index (χ1n) is 7.32. The van der Waals surface area contributed by atoms with E-state index in [1.807, 2.05) is 37.3 Å². The van der Waals surface area contributed by atoms with Crippen molar-refractivity contribution in [3.63, 3.8) is 0 Å². The van der Waals surface area contributed by atoms with E-state index in [4.69, 9.17) is 4.74 Å². The Hall–Kier alpha value is -1.89. The van der Waals surface area contributed by atoms with Gasteiger partial charge in [-0.2, -0.15) is 5.10 Å². The number of ether oxygens (including phenoxy) is 1. The number of rotatable bonds is 8. The summed E-state index contributed by atoms with van der Waals surface area (Å²) in [5.74, 6) is -0.103. The van der Waals surface area contributed by atoms with Crippen molar-refractivity contribution in [1.29, 1.82) is 0 Å². The van der Waals surface area contributed by atoms with Gasteiger partial charge in [0.1, 0.15) is 0 Å². The fourth-order valence-corrected chi connectivity index (χ4v) is 2.05. The van der Waals surface area contributed by atoms with E-state index < -0.39 is 0 Å². The summed E-state index contributed by atoms with van der Waals surface area (Å²) in [6.45, 7) is 4.55. The third-order valence-electron chi connectivity index (χ3n) is 3.23. The molecular formula is C16H23ClN4O2. The minimum Gasteiger partial charge on any atom is -0.383 e. The second-order valence-electron chi connectivity index (χ2n) is 4.91. The van der Waals surface area contributed by atoms with E-state index in [1.54, 1.807) is 18.0 Å². The van der Waals surface area contributed by atoms with Gasteiger partial charge >= 0.3 is 0 Å². The van der Waals surface area contributed by atoms with Gasteiger partial charge in [0.05, 0.1) is 23.6 Å². The van der Waals surface area contributed by atoms with Crippen LogP contribution in [-0.4, -0.2) is 49.0 Å². The molecule has 6 nitrogen and oxygen atoms in total. The Bertz CT molecular complexity index is 601. The third kappa shape index (κ3) is 5.67. The molecule has 23 heavy (non-hydrogen) atoms. The van der Waals surface area contributed by atoms with Crippen LogP contribution in [0.2, 0.25) is 0 Å². The molecule has 126 valence electrons. The first-order chi connectivity index (χ1) is 10.7. The fourth-order valence-electron chi connectivity index (χ4n) is 2.05. The molecule has 1 amide bonds. The highest BCUT2D eigenvalue weighted by molar-refractivity contribution is 5.95. The Morgan fingerprint density at radius 1 is 1.22 bits per heavy atom. The number of hydrogen-bond acceptors (Lipinski definition) is 4. The molecule has 1 aromatic carbocycles. The Labute approximate surface area is 142 Å². The van der Waals surface area contributed by atoms with Crippen LogP contribution in [0.5, 0.6) is 0 Å². The lowest BCUT2D eigenvalue weighted by Crippen LogP contribution is -2.33. The zero-order chi connectivity index (χ0) is 15.8. The summed E-state index contributed by atoms with van der Waals surface area (Å²) in [5.41, 5.74) is 2.25. The van der Waals surface area contributed by atoms with Crippen LogP contribution in [0.25, 0.3) is 5.69 Å². The van der Waals surface area contributed by atoms with Gasteiger partial charge in [-0.15, -0.1) is 12.4 Å². The average Bonchev–Trinajstić information content (AvgIpc) is 2.93. The van der Waals surface area contributed by atoms with E-state index in [-0.39, 0.29) is 18.3 Å². The van der Waals surface area contributed by atoms with Gasteiger partial charge in [-0.1, -0.05) is 18.2 Å². The number of benzene rings is 1. The quantitative estimate of drug-likeness (QED) is 0.717. The first kappa shape index (κ1) is 19.2. The molecule has 1 heterocycles. The molecule has 0 bridgehead atoms. The van der Waals surface area contributed by atoms with Crippen LogP contribution in [0, 0.1) is 6.92 Å². The van der Waals surface area contributed by atoms with E-state index in [0.29, 0.717) is 31.0 Å². The SMILES string of the molecule is COCCNCCNC(=O)c1cn(-c2ccccc2)nc1C.Cl. The Morgan fingerprint density at radius 3 is 2.65 bits per heavy atom. The summed E-state index contributed by atoms with van der Waals surface area (Å²) in [6.07, 6.45) is 1.76. The number of carbonyl (C=O) groups is 1. The molecule has 7 heteroatoms. The maximum Gasteiger partial charge on any atom is 0.254 e. The molecule has 0 aliphatic heterocycles. The van der Waals surface area contributed by atoms with Crippen LogP contribution in [0.1, 0.15) is 16.1 Å². The predicted octanol–water partition coefficient (Wildman–Crippen LogP) is 1.57. The molecule has 0 saturated carbocycles. The molecule has 0 aliphatic rings. The zero-order valence-electron chi connectivity index (χ0n) is 13.4. The maximum atomic E-state index is 12.2. The topological polar surface area (TPSA) is 68.2 Å². The summed E-state index contributed by atoms with van der Waals surface area (Å²) >= 11 is 0. The largest absolute Gasteiger partial charge is 0.383 e. The van der Waals surface area contributed by atoms with Crippen molar-refractivity contribution >= 4 is 18.3 Å². The van der Waals surface area contributed by atoms with Gasteiger partial charge in [0, 0.05) is 32.9 Å². The van der Waals surface area contributed by atoms with Crippen LogP contribution in [0.4, 0.5) is 0 Å². The summed E-state index contributed by atoms with van der Waals surface area (Å²) in [4.78, 5) is 12.2. The fraction of sp³-hybridized carbons (Fsp3) is 0.375. The van der Waals surface area contributed by atoms with E-state index >= 15 is 0 Å². The number of aryl methyl sites for hydroxylation is 1. The minimum atomic E-state index is -0.103. The maximum absolute atomic E-state index is 12.2. The summed E-state index contributed by atoms with van der Waals surface area (Å²) < 4.78 is 6.66. The van der Waals surface area contributed by atoms with Crippen molar-refractivity contribution in [3.05, 3.63) is 47.8 Å². The van der Waals surface area contributed by atoms with Crippen LogP contribution >= 0.6 is 12.4 Å². The van der Waals surface area contributed by atoms with E-state index in [2.05, 4.69) is 15.7 Å². The molecule has 0 saturated heterocycles. The van der Waals surface area contributed by atoms with Gasteiger partial charge < -0.3 is 15.4 Å². The van der Waals surface area contributed by atoms with Gasteiger partial charge in [-0.05, 0) is 19.1 Å². The Morgan fingerprint density at radius 2 is 1.96 bits per heavy atom. The van der Waals surface area contributed by atoms with Crippen LogP contribution in [0.15, 0.2) is 36.5 Å². The van der Waals surface area contributed by atoms with E-state index in [9.17, 15) is 4.79 Å². The number of carbonyl (C=O) groups excluding carboxylic acids is 1. The number of methoxy groups -OCH3 is 1.